The topological polar surface area (TPSA) is 78.1 Å². The molecule has 132 valence electrons. The van der Waals surface area contributed by atoms with Gasteiger partial charge in [0.2, 0.25) is 0 Å². The highest BCUT2D eigenvalue weighted by Crippen LogP contribution is 2.35. The van der Waals surface area contributed by atoms with Gasteiger partial charge in [-0.15, -0.1) is 0 Å². The Morgan fingerprint density at radius 1 is 1.28 bits per heavy atom. The summed E-state index contributed by atoms with van der Waals surface area (Å²) in [6.07, 6.45) is 1.47. The largest absolute Gasteiger partial charge is 0.333 e. The van der Waals surface area contributed by atoms with Crippen molar-refractivity contribution < 1.29 is 4.79 Å². The summed E-state index contributed by atoms with van der Waals surface area (Å²) in [4.78, 5) is 26.6. The van der Waals surface area contributed by atoms with E-state index in [9.17, 15) is 9.59 Å². The van der Waals surface area contributed by atoms with Gasteiger partial charge in [0, 0.05) is 23.7 Å². The van der Waals surface area contributed by atoms with Crippen molar-refractivity contribution in [3.63, 3.8) is 0 Å². The number of aromatic amines is 1. The summed E-state index contributed by atoms with van der Waals surface area (Å²) < 4.78 is 0. The van der Waals surface area contributed by atoms with Crippen LogP contribution in [0.4, 0.5) is 10.5 Å². The molecule has 1 atom stereocenters. The van der Waals surface area contributed by atoms with Crippen LogP contribution in [0.1, 0.15) is 49.1 Å². The third kappa shape index (κ3) is 3.16. The third-order valence-corrected chi connectivity index (χ3v) is 4.84. The van der Waals surface area contributed by atoms with Gasteiger partial charge in [0.1, 0.15) is 0 Å². The number of anilines is 1. The van der Waals surface area contributed by atoms with Gasteiger partial charge in [0.25, 0.3) is 5.56 Å². The van der Waals surface area contributed by atoms with Gasteiger partial charge in [-0.05, 0) is 30.0 Å². The van der Waals surface area contributed by atoms with Gasteiger partial charge in [-0.25, -0.2) is 9.89 Å². The van der Waals surface area contributed by atoms with Crippen LogP contribution in [0.25, 0.3) is 0 Å². The zero-order valence-electron chi connectivity index (χ0n) is 14.9. The number of aromatic nitrogens is 2. The molecule has 3 rings (SSSR count). The molecule has 2 amide bonds. The first-order valence-electron chi connectivity index (χ1n) is 8.80. The van der Waals surface area contributed by atoms with E-state index in [1.54, 1.807) is 4.90 Å². The third-order valence-electron chi connectivity index (χ3n) is 4.84. The molecule has 2 heterocycles. The maximum atomic E-state index is 12.7. The van der Waals surface area contributed by atoms with E-state index in [1.165, 1.54) is 5.56 Å². The standard InChI is InChI=1S/C19H24N4O2/c1-4-13-15(18(24)22-21-16(13)5-2)10-20-19(25)23-11-12(3)14-8-6-7-9-17(14)23/h6-9,12H,4-5,10-11H2,1-3H3,(H,20,25)(H,22,24). The smallest absolute Gasteiger partial charge is 0.322 e. The second-order valence-electron chi connectivity index (χ2n) is 6.39. The highest BCUT2D eigenvalue weighted by molar-refractivity contribution is 5.94. The molecule has 1 aromatic carbocycles. The summed E-state index contributed by atoms with van der Waals surface area (Å²) in [7, 11) is 0. The minimum absolute atomic E-state index is 0.173. The van der Waals surface area contributed by atoms with E-state index in [1.807, 2.05) is 32.0 Å². The molecule has 0 bridgehead atoms. The Kier molecular flexibility index (Phi) is 4.88. The molecule has 0 fully saturated rings. The molecule has 0 spiro atoms. The van der Waals surface area contributed by atoms with Crippen LogP contribution in [0.5, 0.6) is 0 Å². The molecule has 6 heteroatoms. The molecule has 6 nitrogen and oxygen atoms in total. The van der Waals surface area contributed by atoms with Crippen LogP contribution in [0.3, 0.4) is 0 Å². The Hall–Kier alpha value is -2.63. The van der Waals surface area contributed by atoms with E-state index in [0.717, 1.165) is 29.8 Å². The number of nitrogens with one attached hydrogen (secondary N) is 2. The zero-order valence-corrected chi connectivity index (χ0v) is 14.9. The van der Waals surface area contributed by atoms with E-state index < -0.39 is 0 Å². The maximum Gasteiger partial charge on any atom is 0.322 e. The van der Waals surface area contributed by atoms with E-state index in [-0.39, 0.29) is 18.1 Å². The van der Waals surface area contributed by atoms with Crippen LogP contribution in [0.2, 0.25) is 0 Å². The maximum absolute atomic E-state index is 12.7. The Morgan fingerprint density at radius 3 is 2.76 bits per heavy atom. The number of aryl methyl sites for hydroxylation is 1. The van der Waals surface area contributed by atoms with Gasteiger partial charge in [-0.2, -0.15) is 5.10 Å². The van der Waals surface area contributed by atoms with Gasteiger partial charge in [-0.1, -0.05) is 39.0 Å². The van der Waals surface area contributed by atoms with Crippen molar-refractivity contribution in [3.05, 3.63) is 57.0 Å². The fourth-order valence-corrected chi connectivity index (χ4v) is 3.53. The molecule has 1 aliphatic heterocycles. The average molecular weight is 340 g/mol. The molecule has 2 aromatic rings. The number of H-pyrrole nitrogens is 1. The normalized spacial score (nSPS) is 16.0. The lowest BCUT2D eigenvalue weighted by Gasteiger charge is -2.19. The van der Waals surface area contributed by atoms with Gasteiger partial charge in [0.15, 0.2) is 0 Å². The molecular formula is C19H24N4O2. The van der Waals surface area contributed by atoms with Crippen LogP contribution >= 0.6 is 0 Å². The summed E-state index contributed by atoms with van der Waals surface area (Å²) in [5.41, 5.74) is 4.31. The molecule has 0 saturated carbocycles. The first-order valence-corrected chi connectivity index (χ1v) is 8.80. The van der Waals surface area contributed by atoms with Crippen molar-refractivity contribution in [2.24, 2.45) is 0 Å². The Bertz CT molecular complexity index is 844. The molecule has 2 N–H and O–H groups in total. The number of nitrogens with zero attached hydrogens (tertiary/aromatic N) is 2. The number of benzene rings is 1. The number of urea groups is 1. The summed E-state index contributed by atoms with van der Waals surface area (Å²) in [6.45, 7) is 6.98. The van der Waals surface area contributed by atoms with Crippen molar-refractivity contribution in [2.75, 3.05) is 11.4 Å². The molecule has 25 heavy (non-hydrogen) atoms. The average Bonchev–Trinajstić information content (AvgIpc) is 2.97. The Balaban J connectivity index is 1.79. The van der Waals surface area contributed by atoms with Crippen LogP contribution in [-0.4, -0.2) is 22.8 Å². The van der Waals surface area contributed by atoms with Crippen molar-refractivity contribution in [2.45, 2.75) is 46.1 Å². The molecule has 0 aliphatic carbocycles. The van der Waals surface area contributed by atoms with Gasteiger partial charge >= 0.3 is 6.03 Å². The number of amides is 2. The van der Waals surface area contributed by atoms with Crippen molar-refractivity contribution in [1.29, 1.82) is 0 Å². The minimum Gasteiger partial charge on any atom is -0.333 e. The summed E-state index contributed by atoms with van der Waals surface area (Å²) in [6, 6.07) is 7.78. The first kappa shape index (κ1) is 17.2. The number of hydrogen-bond donors (Lipinski definition) is 2. The van der Waals surface area contributed by atoms with Gasteiger partial charge < -0.3 is 5.32 Å². The SMILES string of the molecule is CCc1n[nH]c(=O)c(CNC(=O)N2CC(C)c3ccccc32)c1CC. The van der Waals surface area contributed by atoms with Crippen LogP contribution in [0.15, 0.2) is 29.1 Å². The molecule has 1 aliphatic rings. The zero-order chi connectivity index (χ0) is 18.0. The molecule has 1 unspecified atom stereocenters. The summed E-state index contributed by atoms with van der Waals surface area (Å²) in [5.74, 6) is 0.309. The van der Waals surface area contributed by atoms with Crippen LogP contribution in [0, 0.1) is 0 Å². The van der Waals surface area contributed by atoms with Gasteiger partial charge in [0.05, 0.1) is 12.2 Å². The first-order chi connectivity index (χ1) is 12.1. The minimum atomic E-state index is -0.232. The molecule has 1 aromatic heterocycles. The second kappa shape index (κ2) is 7.09. The number of hydrogen-bond acceptors (Lipinski definition) is 3. The van der Waals surface area contributed by atoms with Crippen LogP contribution < -0.4 is 15.8 Å². The quantitative estimate of drug-likeness (QED) is 0.898. The van der Waals surface area contributed by atoms with E-state index in [4.69, 9.17) is 0 Å². The van der Waals surface area contributed by atoms with E-state index in [0.29, 0.717) is 18.0 Å². The van der Waals surface area contributed by atoms with Crippen LogP contribution in [-0.2, 0) is 19.4 Å². The predicted molar refractivity (Wildman–Crippen MR) is 98.1 cm³/mol. The fraction of sp³-hybridized carbons (Fsp3) is 0.421. The summed E-state index contributed by atoms with van der Waals surface area (Å²) >= 11 is 0. The van der Waals surface area contributed by atoms with Gasteiger partial charge in [-0.3, -0.25) is 9.69 Å². The lowest BCUT2D eigenvalue weighted by Crippen LogP contribution is -2.40. The highest BCUT2D eigenvalue weighted by atomic mass is 16.2. The monoisotopic (exact) mass is 340 g/mol. The molecular weight excluding hydrogens is 316 g/mol. The van der Waals surface area contributed by atoms with E-state index in [2.05, 4.69) is 28.5 Å². The Labute approximate surface area is 147 Å². The lowest BCUT2D eigenvalue weighted by atomic mass is 10.0. The summed E-state index contributed by atoms with van der Waals surface area (Å²) in [5, 5.41) is 9.56. The van der Waals surface area contributed by atoms with E-state index >= 15 is 0 Å². The second-order valence-corrected chi connectivity index (χ2v) is 6.39. The number of carbonyl (C=O) groups excluding carboxylic acids is 1. The molecule has 0 radical (unpaired) electrons. The number of carbonyl (C=O) groups is 1. The van der Waals surface area contributed by atoms with Crippen molar-refractivity contribution in [3.8, 4) is 0 Å². The van der Waals surface area contributed by atoms with Crippen molar-refractivity contribution in [1.82, 2.24) is 15.5 Å². The fourth-order valence-electron chi connectivity index (χ4n) is 3.53. The Morgan fingerprint density at radius 2 is 2.04 bits per heavy atom. The highest BCUT2D eigenvalue weighted by Gasteiger charge is 2.29. The number of fused-ring (bicyclic) bond motifs is 1. The predicted octanol–water partition coefficient (Wildman–Crippen LogP) is 2.73. The molecule has 0 saturated heterocycles. The lowest BCUT2D eigenvalue weighted by molar-refractivity contribution is 0.246. The number of rotatable bonds is 4. The van der Waals surface area contributed by atoms with Crippen molar-refractivity contribution >= 4 is 11.7 Å². The number of para-hydroxylation sites is 1.